The van der Waals surface area contributed by atoms with Gasteiger partial charge in [-0.05, 0) is 19.3 Å². The summed E-state index contributed by atoms with van der Waals surface area (Å²) in [6.07, 6.45) is 0.514. The highest BCUT2D eigenvalue weighted by molar-refractivity contribution is 5.90. The monoisotopic (exact) mass is 270 g/mol. The third-order valence-corrected chi connectivity index (χ3v) is 3.15. The maximum Gasteiger partial charge on any atom is 0.245 e. The van der Waals surface area contributed by atoms with Crippen LogP contribution in [0.2, 0.25) is 0 Å². The van der Waals surface area contributed by atoms with Gasteiger partial charge in [0.2, 0.25) is 11.8 Å². The number of ether oxygens (including phenoxy) is 1. The molecule has 1 aliphatic rings. The Bertz CT molecular complexity index is 334. The van der Waals surface area contributed by atoms with Crippen molar-refractivity contribution in [3.05, 3.63) is 0 Å². The van der Waals surface area contributed by atoms with Crippen molar-refractivity contribution < 1.29 is 14.3 Å². The number of nitrogens with one attached hydrogen (secondary N) is 1. The number of carbonyl (C=O) groups is 2. The van der Waals surface area contributed by atoms with Crippen molar-refractivity contribution in [2.45, 2.75) is 53.2 Å². The lowest BCUT2D eigenvalue weighted by Crippen LogP contribution is -2.52. The van der Waals surface area contributed by atoms with Crippen molar-refractivity contribution in [1.29, 1.82) is 0 Å². The molecule has 2 amide bonds. The van der Waals surface area contributed by atoms with Crippen LogP contribution in [0, 0.1) is 5.41 Å². The summed E-state index contributed by atoms with van der Waals surface area (Å²) < 4.78 is 5.48. The Morgan fingerprint density at radius 2 is 2.00 bits per heavy atom. The van der Waals surface area contributed by atoms with Crippen LogP contribution >= 0.6 is 0 Å². The Balaban J connectivity index is 2.70. The second-order valence-electron chi connectivity index (χ2n) is 6.36. The van der Waals surface area contributed by atoms with Crippen LogP contribution in [0.15, 0.2) is 0 Å². The van der Waals surface area contributed by atoms with Crippen LogP contribution in [-0.2, 0) is 14.3 Å². The second kappa shape index (κ2) is 6.37. The van der Waals surface area contributed by atoms with Gasteiger partial charge in [-0.15, -0.1) is 0 Å². The maximum atomic E-state index is 12.5. The molecule has 110 valence electrons. The number of nitrogens with zero attached hydrogens (tertiary/aromatic N) is 1. The fraction of sp³-hybridized carbons (Fsp3) is 0.857. The lowest BCUT2D eigenvalue weighted by Gasteiger charge is -2.32. The van der Waals surface area contributed by atoms with Crippen molar-refractivity contribution in [1.82, 2.24) is 10.2 Å². The normalized spacial score (nSPS) is 21.6. The van der Waals surface area contributed by atoms with E-state index in [2.05, 4.69) is 5.32 Å². The zero-order valence-corrected chi connectivity index (χ0v) is 12.7. The van der Waals surface area contributed by atoms with Gasteiger partial charge in [0.15, 0.2) is 0 Å². The number of hydrogen-bond acceptors (Lipinski definition) is 3. The molecule has 0 radical (unpaired) electrons. The van der Waals surface area contributed by atoms with Gasteiger partial charge < -0.3 is 15.0 Å². The van der Waals surface area contributed by atoms with Gasteiger partial charge in [0.1, 0.15) is 6.04 Å². The molecule has 1 fully saturated rings. The summed E-state index contributed by atoms with van der Waals surface area (Å²) in [5, 5.41) is 2.83. The summed E-state index contributed by atoms with van der Waals surface area (Å²) in [7, 11) is 0. The first-order valence-corrected chi connectivity index (χ1v) is 6.91. The zero-order chi connectivity index (χ0) is 14.6. The maximum absolute atomic E-state index is 12.5. The zero-order valence-electron chi connectivity index (χ0n) is 12.7. The van der Waals surface area contributed by atoms with Gasteiger partial charge in [-0.3, -0.25) is 9.59 Å². The van der Waals surface area contributed by atoms with Crippen LogP contribution in [-0.4, -0.2) is 48.6 Å². The third-order valence-electron chi connectivity index (χ3n) is 3.15. The minimum absolute atomic E-state index is 0.00861. The molecule has 0 aliphatic carbocycles. The summed E-state index contributed by atoms with van der Waals surface area (Å²) in [6.45, 7) is 11.3. The predicted octanol–water partition coefficient (Wildman–Crippen LogP) is 1.17. The van der Waals surface area contributed by atoms with Gasteiger partial charge in [0, 0.05) is 19.5 Å². The highest BCUT2D eigenvalue weighted by Crippen LogP contribution is 2.22. The Morgan fingerprint density at radius 1 is 1.37 bits per heavy atom. The average Bonchev–Trinajstić information content (AvgIpc) is 2.40. The fourth-order valence-electron chi connectivity index (χ4n) is 2.03. The van der Waals surface area contributed by atoms with Crippen molar-refractivity contribution in [3.8, 4) is 0 Å². The van der Waals surface area contributed by atoms with Crippen LogP contribution in [0.5, 0.6) is 0 Å². The van der Waals surface area contributed by atoms with E-state index in [1.165, 1.54) is 0 Å². The van der Waals surface area contributed by atoms with Gasteiger partial charge >= 0.3 is 0 Å². The first kappa shape index (κ1) is 16.0. The lowest BCUT2D eigenvalue weighted by molar-refractivity contribution is -0.137. The lowest BCUT2D eigenvalue weighted by atomic mass is 9.86. The highest BCUT2D eigenvalue weighted by Gasteiger charge is 2.37. The van der Waals surface area contributed by atoms with E-state index in [1.807, 2.05) is 34.6 Å². The smallest absolute Gasteiger partial charge is 0.245 e. The SMILES string of the molecule is CC(C)OCCN1CCC(=O)NC(C(C)(C)C)C1=O. The minimum atomic E-state index is -0.457. The third kappa shape index (κ3) is 4.82. The topological polar surface area (TPSA) is 58.6 Å². The molecule has 0 aromatic carbocycles. The predicted molar refractivity (Wildman–Crippen MR) is 73.7 cm³/mol. The molecule has 5 heteroatoms. The second-order valence-corrected chi connectivity index (χ2v) is 6.36. The number of rotatable bonds is 4. The van der Waals surface area contributed by atoms with E-state index < -0.39 is 6.04 Å². The molecule has 1 N–H and O–H groups in total. The number of amides is 2. The quantitative estimate of drug-likeness (QED) is 0.834. The van der Waals surface area contributed by atoms with E-state index in [4.69, 9.17) is 4.74 Å². The molecule has 19 heavy (non-hydrogen) atoms. The van der Waals surface area contributed by atoms with Gasteiger partial charge in [-0.1, -0.05) is 20.8 Å². The molecule has 1 saturated heterocycles. The molecule has 1 atom stereocenters. The van der Waals surface area contributed by atoms with E-state index in [0.29, 0.717) is 26.1 Å². The first-order chi connectivity index (χ1) is 8.71. The number of hydrogen-bond donors (Lipinski definition) is 1. The van der Waals surface area contributed by atoms with Gasteiger partial charge in [0.25, 0.3) is 0 Å². The van der Waals surface area contributed by atoms with Crippen molar-refractivity contribution in [2.24, 2.45) is 5.41 Å². The van der Waals surface area contributed by atoms with Crippen LogP contribution in [0.4, 0.5) is 0 Å². The summed E-state index contributed by atoms with van der Waals surface area (Å²) in [5.41, 5.74) is -0.283. The first-order valence-electron chi connectivity index (χ1n) is 6.91. The minimum Gasteiger partial charge on any atom is -0.377 e. The molecular formula is C14H26N2O3. The van der Waals surface area contributed by atoms with Gasteiger partial charge in [-0.25, -0.2) is 0 Å². The molecule has 0 aromatic heterocycles. The molecular weight excluding hydrogens is 244 g/mol. The molecule has 1 aliphatic heterocycles. The molecule has 0 aromatic rings. The van der Waals surface area contributed by atoms with E-state index in [0.717, 1.165) is 0 Å². The summed E-state index contributed by atoms with van der Waals surface area (Å²) in [6, 6.07) is -0.457. The van der Waals surface area contributed by atoms with Crippen LogP contribution in [0.1, 0.15) is 41.0 Å². The molecule has 0 spiro atoms. The van der Waals surface area contributed by atoms with E-state index in [9.17, 15) is 9.59 Å². The van der Waals surface area contributed by atoms with Crippen LogP contribution in [0.3, 0.4) is 0 Å². The largest absolute Gasteiger partial charge is 0.377 e. The molecule has 1 heterocycles. The van der Waals surface area contributed by atoms with Gasteiger partial charge in [-0.2, -0.15) is 0 Å². The summed E-state index contributed by atoms with van der Waals surface area (Å²) in [5.74, 6) is -0.0636. The van der Waals surface area contributed by atoms with E-state index in [1.54, 1.807) is 4.90 Å². The average molecular weight is 270 g/mol. The molecule has 1 rings (SSSR count). The standard InChI is InChI=1S/C14H26N2O3/c1-10(2)19-9-8-16-7-6-11(17)15-12(13(16)18)14(3,4)5/h10,12H,6-9H2,1-5H3,(H,15,17). The summed E-state index contributed by atoms with van der Waals surface area (Å²) >= 11 is 0. The molecule has 0 saturated carbocycles. The Kier molecular flexibility index (Phi) is 5.35. The van der Waals surface area contributed by atoms with Crippen LogP contribution < -0.4 is 5.32 Å². The Hall–Kier alpha value is -1.10. The highest BCUT2D eigenvalue weighted by atomic mass is 16.5. The fourth-order valence-corrected chi connectivity index (χ4v) is 2.03. The Labute approximate surface area is 115 Å². The van der Waals surface area contributed by atoms with Crippen molar-refractivity contribution >= 4 is 11.8 Å². The number of carbonyl (C=O) groups excluding carboxylic acids is 2. The molecule has 0 bridgehead atoms. The van der Waals surface area contributed by atoms with Gasteiger partial charge in [0.05, 0.1) is 12.7 Å². The van der Waals surface area contributed by atoms with E-state index in [-0.39, 0.29) is 23.3 Å². The van der Waals surface area contributed by atoms with E-state index >= 15 is 0 Å². The molecule has 5 nitrogen and oxygen atoms in total. The van der Waals surface area contributed by atoms with Crippen molar-refractivity contribution in [3.63, 3.8) is 0 Å². The van der Waals surface area contributed by atoms with Crippen LogP contribution in [0.25, 0.3) is 0 Å². The van der Waals surface area contributed by atoms with Crippen molar-refractivity contribution in [2.75, 3.05) is 19.7 Å². The summed E-state index contributed by atoms with van der Waals surface area (Å²) in [4.78, 5) is 25.9. The molecule has 1 unspecified atom stereocenters. The Morgan fingerprint density at radius 3 is 2.53 bits per heavy atom.